The molecule has 0 N–H and O–H groups in total. The monoisotopic (exact) mass is 237 g/mol. The molecule has 1 saturated carbocycles. The first-order valence-electron chi connectivity index (χ1n) is 7.37. The predicted molar refractivity (Wildman–Crippen MR) is 75.1 cm³/mol. The van der Waals surface area contributed by atoms with Gasteiger partial charge in [-0.15, -0.1) is 0 Å². The van der Waals surface area contributed by atoms with Crippen molar-refractivity contribution in [1.29, 1.82) is 0 Å². The highest BCUT2D eigenvalue weighted by molar-refractivity contribution is 4.95. The summed E-state index contributed by atoms with van der Waals surface area (Å²) in [5, 5.41) is 0. The van der Waals surface area contributed by atoms with Gasteiger partial charge in [0.15, 0.2) is 0 Å². The van der Waals surface area contributed by atoms with Crippen LogP contribution in [0.2, 0.25) is 0 Å². The Bertz CT molecular complexity index is 254. The Hall–Kier alpha value is -0.0400. The van der Waals surface area contributed by atoms with Crippen LogP contribution in [0.4, 0.5) is 0 Å². The van der Waals surface area contributed by atoms with Crippen LogP contribution in [0, 0.1) is 28.6 Å². The van der Waals surface area contributed by atoms with Gasteiger partial charge in [-0.05, 0) is 41.4 Å². The van der Waals surface area contributed by atoms with Crippen molar-refractivity contribution >= 4 is 0 Å². The highest BCUT2D eigenvalue weighted by atomic mass is 15.2. The average molecular weight is 237 g/mol. The van der Waals surface area contributed by atoms with Crippen LogP contribution in [0.25, 0.3) is 0 Å². The molecule has 0 radical (unpaired) electrons. The van der Waals surface area contributed by atoms with Crippen LogP contribution >= 0.6 is 0 Å². The van der Waals surface area contributed by atoms with E-state index in [1.54, 1.807) is 0 Å². The maximum Gasteiger partial charge on any atom is 0.00303 e. The smallest absolute Gasteiger partial charge is 0.00303 e. The number of fused-ring (bicyclic) bond motifs is 1. The molecule has 1 aliphatic heterocycles. The van der Waals surface area contributed by atoms with Crippen molar-refractivity contribution in [2.75, 3.05) is 19.6 Å². The van der Waals surface area contributed by atoms with E-state index < -0.39 is 0 Å². The molecule has 1 aliphatic carbocycles. The Morgan fingerprint density at radius 2 is 1.35 bits per heavy atom. The van der Waals surface area contributed by atoms with Gasteiger partial charge in [0, 0.05) is 19.6 Å². The molecule has 2 fully saturated rings. The lowest BCUT2D eigenvalue weighted by molar-refractivity contribution is 0.184. The van der Waals surface area contributed by atoms with E-state index in [4.69, 9.17) is 0 Å². The van der Waals surface area contributed by atoms with Crippen molar-refractivity contribution in [3.8, 4) is 0 Å². The number of hydrogen-bond donors (Lipinski definition) is 0. The van der Waals surface area contributed by atoms with E-state index in [2.05, 4.69) is 46.4 Å². The quantitative estimate of drug-likeness (QED) is 0.665. The second-order valence-corrected chi connectivity index (χ2v) is 8.81. The number of likely N-dealkylation sites (tertiary alicyclic amines) is 1. The standard InChI is InChI=1S/C16H31N/c1-15(2,3)11-17-9-12-7-14(16(4,5)6)8-13(12)10-17/h12-14H,7-11H2,1-6H3/t12-,13+,14?. The summed E-state index contributed by atoms with van der Waals surface area (Å²) in [5.74, 6) is 2.97. The van der Waals surface area contributed by atoms with Crippen LogP contribution in [0.1, 0.15) is 54.4 Å². The van der Waals surface area contributed by atoms with E-state index >= 15 is 0 Å². The Morgan fingerprint density at radius 3 is 1.71 bits per heavy atom. The van der Waals surface area contributed by atoms with Crippen LogP contribution in [-0.4, -0.2) is 24.5 Å². The molecule has 1 heterocycles. The van der Waals surface area contributed by atoms with Crippen LogP contribution < -0.4 is 0 Å². The van der Waals surface area contributed by atoms with Crippen molar-refractivity contribution in [3.05, 3.63) is 0 Å². The van der Waals surface area contributed by atoms with Gasteiger partial charge in [-0.3, -0.25) is 0 Å². The largest absolute Gasteiger partial charge is 0.302 e. The normalized spacial score (nSPS) is 35.3. The summed E-state index contributed by atoms with van der Waals surface area (Å²) in [6.07, 6.45) is 2.96. The lowest BCUT2D eigenvalue weighted by Crippen LogP contribution is -2.32. The fraction of sp³-hybridized carbons (Fsp3) is 1.00. The third-order valence-corrected chi connectivity index (χ3v) is 4.75. The first kappa shape index (κ1) is 13.4. The van der Waals surface area contributed by atoms with Crippen LogP contribution in [0.5, 0.6) is 0 Å². The summed E-state index contributed by atoms with van der Waals surface area (Å²) in [5.41, 5.74) is 0.987. The Morgan fingerprint density at radius 1 is 0.882 bits per heavy atom. The van der Waals surface area contributed by atoms with E-state index in [9.17, 15) is 0 Å². The summed E-state index contributed by atoms with van der Waals surface area (Å²) in [6, 6.07) is 0. The molecule has 0 bridgehead atoms. The molecule has 100 valence electrons. The maximum atomic E-state index is 2.72. The number of nitrogens with zero attached hydrogens (tertiary/aromatic N) is 1. The minimum absolute atomic E-state index is 0.460. The van der Waals surface area contributed by atoms with Crippen molar-refractivity contribution in [1.82, 2.24) is 4.90 Å². The zero-order valence-electron chi connectivity index (χ0n) is 12.7. The predicted octanol–water partition coefficient (Wildman–Crippen LogP) is 4.04. The van der Waals surface area contributed by atoms with Gasteiger partial charge in [0.1, 0.15) is 0 Å². The molecular formula is C16H31N. The van der Waals surface area contributed by atoms with Gasteiger partial charge in [-0.2, -0.15) is 0 Å². The van der Waals surface area contributed by atoms with E-state index in [1.807, 2.05) is 0 Å². The van der Waals surface area contributed by atoms with Crippen molar-refractivity contribution in [2.45, 2.75) is 54.4 Å². The molecule has 2 aliphatic rings. The first-order valence-corrected chi connectivity index (χ1v) is 7.37. The second kappa shape index (κ2) is 4.26. The van der Waals surface area contributed by atoms with E-state index in [1.165, 1.54) is 32.5 Å². The fourth-order valence-electron chi connectivity index (χ4n) is 3.90. The molecular weight excluding hydrogens is 206 g/mol. The van der Waals surface area contributed by atoms with Crippen LogP contribution in [0.15, 0.2) is 0 Å². The lowest BCUT2D eigenvalue weighted by atomic mass is 9.79. The van der Waals surface area contributed by atoms with Gasteiger partial charge in [0.05, 0.1) is 0 Å². The second-order valence-electron chi connectivity index (χ2n) is 8.81. The fourth-order valence-corrected chi connectivity index (χ4v) is 3.90. The molecule has 2 rings (SSSR count). The van der Waals surface area contributed by atoms with Gasteiger partial charge in [-0.25, -0.2) is 0 Å². The molecule has 0 spiro atoms. The van der Waals surface area contributed by atoms with E-state index in [0.29, 0.717) is 10.8 Å². The molecule has 0 aromatic heterocycles. The Balaban J connectivity index is 1.88. The van der Waals surface area contributed by atoms with Gasteiger partial charge in [0.2, 0.25) is 0 Å². The number of hydrogen-bond acceptors (Lipinski definition) is 1. The average Bonchev–Trinajstić information content (AvgIpc) is 2.55. The third kappa shape index (κ3) is 3.24. The van der Waals surface area contributed by atoms with Crippen molar-refractivity contribution in [2.24, 2.45) is 28.6 Å². The highest BCUT2D eigenvalue weighted by Gasteiger charge is 2.44. The van der Waals surface area contributed by atoms with Crippen LogP contribution in [0.3, 0.4) is 0 Å². The van der Waals surface area contributed by atoms with Gasteiger partial charge >= 0.3 is 0 Å². The summed E-state index contributed by atoms with van der Waals surface area (Å²) >= 11 is 0. The first-order chi connectivity index (χ1) is 7.65. The lowest BCUT2D eigenvalue weighted by Gasteiger charge is -2.30. The maximum absolute atomic E-state index is 2.72. The highest BCUT2D eigenvalue weighted by Crippen LogP contribution is 2.48. The molecule has 0 aromatic carbocycles. The summed E-state index contributed by atoms with van der Waals surface area (Å²) < 4.78 is 0. The summed E-state index contributed by atoms with van der Waals surface area (Å²) in [4.78, 5) is 2.72. The molecule has 0 aromatic rings. The zero-order chi connectivity index (χ0) is 12.8. The molecule has 1 nitrogen and oxygen atoms in total. The van der Waals surface area contributed by atoms with Crippen molar-refractivity contribution in [3.63, 3.8) is 0 Å². The topological polar surface area (TPSA) is 3.24 Å². The third-order valence-electron chi connectivity index (χ3n) is 4.75. The van der Waals surface area contributed by atoms with E-state index in [-0.39, 0.29) is 0 Å². The Kier molecular flexibility index (Phi) is 3.36. The molecule has 1 saturated heterocycles. The summed E-state index contributed by atoms with van der Waals surface area (Å²) in [6.45, 7) is 18.4. The minimum Gasteiger partial charge on any atom is -0.302 e. The molecule has 1 unspecified atom stereocenters. The molecule has 3 atom stereocenters. The molecule has 1 heteroatoms. The molecule has 0 amide bonds. The van der Waals surface area contributed by atoms with Gasteiger partial charge < -0.3 is 4.90 Å². The molecule has 17 heavy (non-hydrogen) atoms. The zero-order valence-corrected chi connectivity index (χ0v) is 12.7. The minimum atomic E-state index is 0.460. The Labute approximate surface area is 108 Å². The SMILES string of the molecule is CC(C)(C)CN1C[C@H]2CC(C(C)(C)C)C[C@H]2C1. The van der Waals surface area contributed by atoms with Gasteiger partial charge in [-0.1, -0.05) is 41.5 Å². The van der Waals surface area contributed by atoms with Crippen LogP contribution in [-0.2, 0) is 0 Å². The van der Waals surface area contributed by atoms with Crippen molar-refractivity contribution < 1.29 is 0 Å². The van der Waals surface area contributed by atoms with Gasteiger partial charge in [0.25, 0.3) is 0 Å². The number of rotatable bonds is 1. The summed E-state index contributed by atoms with van der Waals surface area (Å²) in [7, 11) is 0. The van der Waals surface area contributed by atoms with E-state index in [0.717, 1.165) is 17.8 Å².